The minimum atomic E-state index is -0.212. The fraction of sp³-hybridized carbons (Fsp3) is 0.412. The molecule has 0 radical (unpaired) electrons. The van der Waals surface area contributed by atoms with Crippen LogP contribution in [0, 0.1) is 5.41 Å². The van der Waals surface area contributed by atoms with Gasteiger partial charge in [-0.1, -0.05) is 27.7 Å². The number of aryl methyl sites for hydroxylation is 1. The Morgan fingerprint density at radius 2 is 2.08 bits per heavy atom. The summed E-state index contributed by atoms with van der Waals surface area (Å²) in [5.41, 5.74) is 3.42. The number of hydrogen-bond acceptors (Lipinski definition) is 4. The SMILES string of the molecule is Bc1nn2cccnc2c1C(=O)Nc1cn(CC(C)(C)C)nc1CC. The normalized spacial score (nSPS) is 11.8. The van der Waals surface area contributed by atoms with E-state index < -0.39 is 0 Å². The average Bonchev–Trinajstić information content (AvgIpc) is 3.04. The molecule has 0 saturated heterocycles. The van der Waals surface area contributed by atoms with E-state index in [0.29, 0.717) is 16.8 Å². The molecule has 130 valence electrons. The van der Waals surface area contributed by atoms with Gasteiger partial charge in [-0.15, -0.1) is 0 Å². The predicted octanol–water partition coefficient (Wildman–Crippen LogP) is 1.04. The molecule has 8 heteroatoms. The predicted molar refractivity (Wildman–Crippen MR) is 100 cm³/mol. The number of carbonyl (C=O) groups excluding carboxylic acids is 1. The molecule has 0 fully saturated rings. The maximum atomic E-state index is 12.8. The Labute approximate surface area is 147 Å². The molecule has 0 bridgehead atoms. The van der Waals surface area contributed by atoms with E-state index in [0.717, 1.165) is 24.3 Å². The van der Waals surface area contributed by atoms with Crippen LogP contribution in [0.25, 0.3) is 5.65 Å². The molecule has 1 amide bonds. The van der Waals surface area contributed by atoms with Gasteiger partial charge in [0, 0.05) is 30.7 Å². The van der Waals surface area contributed by atoms with E-state index in [1.165, 1.54) is 0 Å². The molecular formula is C17H23BN6O. The first kappa shape index (κ1) is 17.2. The third-order valence-electron chi connectivity index (χ3n) is 3.85. The zero-order chi connectivity index (χ0) is 18.2. The van der Waals surface area contributed by atoms with Crippen molar-refractivity contribution in [2.24, 2.45) is 5.41 Å². The highest BCUT2D eigenvalue weighted by atomic mass is 16.1. The summed E-state index contributed by atoms with van der Waals surface area (Å²) in [6.07, 6.45) is 6.09. The number of carbonyl (C=O) groups is 1. The Morgan fingerprint density at radius 3 is 2.76 bits per heavy atom. The molecule has 0 aliphatic rings. The second-order valence-electron chi connectivity index (χ2n) is 7.40. The molecule has 3 rings (SSSR count). The van der Waals surface area contributed by atoms with Gasteiger partial charge in [-0.2, -0.15) is 10.2 Å². The standard InChI is InChI=1S/C17H23BN6O/c1-5-11-12(9-23(21-11)10-17(2,3)4)20-16(25)13-14(18)22-24-8-6-7-19-15(13)24/h6-9H,5,10,18H2,1-4H3,(H,20,25). The fourth-order valence-electron chi connectivity index (χ4n) is 2.84. The van der Waals surface area contributed by atoms with Gasteiger partial charge in [0.2, 0.25) is 0 Å². The maximum absolute atomic E-state index is 12.8. The first-order valence-corrected chi connectivity index (χ1v) is 8.46. The van der Waals surface area contributed by atoms with Gasteiger partial charge in [-0.3, -0.25) is 9.48 Å². The molecule has 0 saturated carbocycles. The molecule has 3 heterocycles. The van der Waals surface area contributed by atoms with Crippen LogP contribution in [0.3, 0.4) is 0 Å². The van der Waals surface area contributed by atoms with E-state index in [9.17, 15) is 4.79 Å². The van der Waals surface area contributed by atoms with Crippen molar-refractivity contribution in [2.75, 3.05) is 5.32 Å². The maximum Gasteiger partial charge on any atom is 0.260 e. The summed E-state index contributed by atoms with van der Waals surface area (Å²) >= 11 is 0. The van der Waals surface area contributed by atoms with E-state index in [4.69, 9.17) is 0 Å². The Hall–Kier alpha value is -2.64. The van der Waals surface area contributed by atoms with Crippen LogP contribution < -0.4 is 10.9 Å². The Morgan fingerprint density at radius 1 is 1.32 bits per heavy atom. The lowest BCUT2D eigenvalue weighted by atomic mass is 9.97. The van der Waals surface area contributed by atoms with Gasteiger partial charge in [0.05, 0.1) is 16.9 Å². The van der Waals surface area contributed by atoms with Crippen LogP contribution in [-0.2, 0) is 13.0 Å². The first-order valence-electron chi connectivity index (χ1n) is 8.46. The van der Waals surface area contributed by atoms with Crippen molar-refractivity contribution in [2.45, 2.75) is 40.7 Å². The van der Waals surface area contributed by atoms with Crippen LogP contribution in [0.2, 0.25) is 0 Å². The first-order chi connectivity index (χ1) is 11.8. The zero-order valence-corrected chi connectivity index (χ0v) is 15.4. The third-order valence-corrected chi connectivity index (χ3v) is 3.85. The van der Waals surface area contributed by atoms with Crippen LogP contribution in [0.1, 0.15) is 43.7 Å². The number of amides is 1. The lowest BCUT2D eigenvalue weighted by Crippen LogP contribution is -2.21. The second kappa shape index (κ2) is 6.35. The van der Waals surface area contributed by atoms with Gasteiger partial charge in [0.25, 0.3) is 5.91 Å². The van der Waals surface area contributed by atoms with Crippen LogP contribution in [-0.4, -0.2) is 38.1 Å². The largest absolute Gasteiger partial charge is 0.319 e. The van der Waals surface area contributed by atoms with Gasteiger partial charge in [0.1, 0.15) is 0 Å². The highest BCUT2D eigenvalue weighted by Gasteiger charge is 2.20. The summed E-state index contributed by atoms with van der Waals surface area (Å²) in [6.45, 7) is 9.29. The monoisotopic (exact) mass is 338 g/mol. The highest BCUT2D eigenvalue weighted by Crippen LogP contribution is 2.21. The Bertz CT molecular complexity index is 921. The second-order valence-corrected chi connectivity index (χ2v) is 7.40. The number of anilines is 1. The van der Waals surface area contributed by atoms with E-state index >= 15 is 0 Å². The molecule has 0 spiro atoms. The molecule has 0 aliphatic heterocycles. The van der Waals surface area contributed by atoms with Crippen molar-refractivity contribution in [3.05, 3.63) is 35.9 Å². The van der Waals surface area contributed by atoms with Crippen molar-refractivity contribution in [3.63, 3.8) is 0 Å². The molecular weight excluding hydrogens is 315 g/mol. The molecule has 3 aromatic rings. The molecule has 7 nitrogen and oxygen atoms in total. The summed E-state index contributed by atoms with van der Waals surface area (Å²) in [5.74, 6) is -0.212. The Balaban J connectivity index is 1.91. The van der Waals surface area contributed by atoms with Crippen LogP contribution in [0.5, 0.6) is 0 Å². The van der Waals surface area contributed by atoms with Gasteiger partial charge in [-0.05, 0) is 17.9 Å². The summed E-state index contributed by atoms with van der Waals surface area (Å²) in [4.78, 5) is 17.1. The van der Waals surface area contributed by atoms with Gasteiger partial charge >= 0.3 is 0 Å². The number of nitrogens with zero attached hydrogens (tertiary/aromatic N) is 5. The molecule has 3 aromatic heterocycles. The summed E-state index contributed by atoms with van der Waals surface area (Å²) < 4.78 is 3.52. The average molecular weight is 338 g/mol. The quantitative estimate of drug-likeness (QED) is 0.722. The lowest BCUT2D eigenvalue weighted by Gasteiger charge is -2.17. The minimum Gasteiger partial charge on any atom is -0.319 e. The molecule has 25 heavy (non-hydrogen) atoms. The van der Waals surface area contributed by atoms with Gasteiger partial charge < -0.3 is 5.32 Å². The van der Waals surface area contributed by atoms with Crippen molar-refractivity contribution < 1.29 is 4.79 Å². The van der Waals surface area contributed by atoms with E-state index in [1.807, 2.05) is 25.6 Å². The van der Waals surface area contributed by atoms with Gasteiger partial charge in [0.15, 0.2) is 13.5 Å². The number of nitrogens with one attached hydrogen (secondary N) is 1. The number of aromatic nitrogens is 5. The molecule has 0 atom stereocenters. The minimum absolute atomic E-state index is 0.112. The van der Waals surface area contributed by atoms with Crippen molar-refractivity contribution in [3.8, 4) is 0 Å². The van der Waals surface area contributed by atoms with E-state index in [-0.39, 0.29) is 11.3 Å². The van der Waals surface area contributed by atoms with Crippen LogP contribution >= 0.6 is 0 Å². The number of fused-ring (bicyclic) bond motifs is 1. The van der Waals surface area contributed by atoms with Crippen LogP contribution in [0.15, 0.2) is 24.7 Å². The van der Waals surface area contributed by atoms with Crippen molar-refractivity contribution in [1.29, 1.82) is 0 Å². The third kappa shape index (κ3) is 3.57. The van der Waals surface area contributed by atoms with Crippen LogP contribution in [0.4, 0.5) is 5.69 Å². The topological polar surface area (TPSA) is 77.1 Å². The number of hydrogen-bond donors (Lipinski definition) is 1. The molecule has 0 unspecified atom stereocenters. The Kier molecular flexibility index (Phi) is 4.37. The summed E-state index contributed by atoms with van der Waals surface area (Å²) in [5, 5.41) is 11.9. The fourth-order valence-corrected chi connectivity index (χ4v) is 2.84. The highest BCUT2D eigenvalue weighted by molar-refractivity contribution is 6.37. The van der Waals surface area contributed by atoms with E-state index in [1.54, 1.807) is 23.0 Å². The molecule has 1 N–H and O–H groups in total. The lowest BCUT2D eigenvalue weighted by molar-refractivity contribution is 0.102. The summed E-state index contributed by atoms with van der Waals surface area (Å²) in [6, 6.07) is 1.78. The summed E-state index contributed by atoms with van der Waals surface area (Å²) in [7, 11) is 1.81. The van der Waals surface area contributed by atoms with Crippen molar-refractivity contribution >= 4 is 30.7 Å². The number of rotatable bonds is 4. The van der Waals surface area contributed by atoms with Gasteiger partial charge in [-0.25, -0.2) is 9.50 Å². The molecule has 0 aromatic carbocycles. The smallest absolute Gasteiger partial charge is 0.260 e. The zero-order valence-electron chi connectivity index (χ0n) is 15.4. The molecule has 0 aliphatic carbocycles. The van der Waals surface area contributed by atoms with Crippen molar-refractivity contribution in [1.82, 2.24) is 24.4 Å². The van der Waals surface area contributed by atoms with E-state index in [2.05, 4.69) is 41.3 Å².